The first-order valence-electron chi connectivity index (χ1n) is 11.0. The molecule has 0 saturated carbocycles. The van der Waals surface area contributed by atoms with Crippen LogP contribution in [0, 0.1) is 25.2 Å². The maximum Gasteiger partial charge on any atom is 0.316 e. The minimum absolute atomic E-state index is 0.0640. The summed E-state index contributed by atoms with van der Waals surface area (Å²) < 4.78 is 17.9. The normalized spacial score (nSPS) is 11.9. The topological polar surface area (TPSA) is 111 Å². The van der Waals surface area contributed by atoms with E-state index in [1.807, 2.05) is 39.8 Å². The molecule has 9 heteroatoms. The van der Waals surface area contributed by atoms with Crippen molar-refractivity contribution < 1.29 is 13.9 Å². The number of aromatic nitrogens is 3. The average Bonchev–Trinajstić information content (AvgIpc) is 2.82. The Bertz CT molecular complexity index is 1510. The Morgan fingerprint density at radius 1 is 1.09 bits per heavy atom. The van der Waals surface area contributed by atoms with Crippen LogP contribution in [0.3, 0.4) is 0 Å². The predicted molar refractivity (Wildman–Crippen MR) is 132 cm³/mol. The molecule has 4 aromatic rings. The molecule has 3 heterocycles. The Morgan fingerprint density at radius 2 is 1.80 bits per heavy atom. The number of nitrogens with zero attached hydrogens (tertiary/aromatic N) is 4. The molecule has 0 aliphatic carbocycles. The summed E-state index contributed by atoms with van der Waals surface area (Å²) >= 11 is 5.90. The van der Waals surface area contributed by atoms with Crippen LogP contribution in [0.15, 0.2) is 45.9 Å². The number of hydrogen-bond donors (Lipinski definition) is 0. The molecule has 3 aromatic heterocycles. The highest BCUT2D eigenvalue weighted by molar-refractivity contribution is 6.29. The van der Waals surface area contributed by atoms with Gasteiger partial charge >= 0.3 is 6.01 Å². The zero-order chi connectivity index (χ0) is 25.3. The molecular weight excluding hydrogens is 468 g/mol. The van der Waals surface area contributed by atoms with E-state index in [4.69, 9.17) is 25.5 Å². The summed E-state index contributed by atoms with van der Waals surface area (Å²) in [5.41, 5.74) is 2.81. The van der Waals surface area contributed by atoms with Crippen LogP contribution >= 0.6 is 11.6 Å². The number of halogens is 1. The van der Waals surface area contributed by atoms with Crippen molar-refractivity contribution in [2.24, 2.45) is 0 Å². The second-order valence-electron chi connectivity index (χ2n) is 8.39. The van der Waals surface area contributed by atoms with Crippen LogP contribution < -0.4 is 14.9 Å². The van der Waals surface area contributed by atoms with Gasteiger partial charge in [0.1, 0.15) is 28.7 Å². The van der Waals surface area contributed by atoms with E-state index in [1.54, 1.807) is 37.5 Å². The zero-order valence-corrected chi connectivity index (χ0v) is 20.7. The molecule has 1 aromatic carbocycles. The lowest BCUT2D eigenvalue weighted by molar-refractivity contribution is 0.222. The fourth-order valence-corrected chi connectivity index (χ4v) is 3.85. The van der Waals surface area contributed by atoms with Crippen molar-refractivity contribution in [2.75, 3.05) is 0 Å². The highest BCUT2D eigenvalue weighted by Crippen LogP contribution is 2.33. The molecule has 0 aliphatic heterocycles. The van der Waals surface area contributed by atoms with Crippen molar-refractivity contribution in [1.29, 1.82) is 5.26 Å². The van der Waals surface area contributed by atoms with Gasteiger partial charge in [-0.1, -0.05) is 11.6 Å². The number of fused-ring (bicyclic) bond motifs is 1. The fraction of sp³-hybridized carbons (Fsp3) is 0.269. The Morgan fingerprint density at radius 3 is 2.46 bits per heavy atom. The molecule has 1 atom stereocenters. The number of aryl methyl sites for hydroxylation is 1. The zero-order valence-electron chi connectivity index (χ0n) is 19.9. The van der Waals surface area contributed by atoms with Crippen LogP contribution in [0.25, 0.3) is 22.3 Å². The number of pyridine rings is 1. The van der Waals surface area contributed by atoms with Crippen molar-refractivity contribution in [2.45, 2.75) is 46.8 Å². The van der Waals surface area contributed by atoms with Gasteiger partial charge in [0.25, 0.3) is 0 Å². The molecule has 0 fully saturated rings. The van der Waals surface area contributed by atoms with E-state index < -0.39 is 6.10 Å². The van der Waals surface area contributed by atoms with Gasteiger partial charge in [-0.2, -0.15) is 5.26 Å². The smallest absolute Gasteiger partial charge is 0.316 e. The Labute approximate surface area is 207 Å². The molecule has 178 valence electrons. The minimum Gasteiger partial charge on any atom is -0.483 e. The van der Waals surface area contributed by atoms with E-state index in [1.165, 1.54) is 0 Å². The summed E-state index contributed by atoms with van der Waals surface area (Å²) in [7, 11) is 0. The van der Waals surface area contributed by atoms with Crippen molar-refractivity contribution in [3.8, 4) is 29.2 Å². The maximum absolute atomic E-state index is 13.3. The Hall–Kier alpha value is -3.96. The van der Waals surface area contributed by atoms with Crippen molar-refractivity contribution in [3.05, 3.63) is 74.4 Å². The summed E-state index contributed by atoms with van der Waals surface area (Å²) in [5, 5.41) is 10.0. The van der Waals surface area contributed by atoms with Gasteiger partial charge in [-0.25, -0.2) is 15.0 Å². The van der Waals surface area contributed by atoms with Crippen LogP contribution in [0.4, 0.5) is 0 Å². The first-order valence-corrected chi connectivity index (χ1v) is 11.4. The second-order valence-corrected chi connectivity index (χ2v) is 8.78. The third kappa shape index (κ3) is 4.96. The monoisotopic (exact) mass is 490 g/mol. The molecule has 0 aliphatic rings. The maximum atomic E-state index is 13.3. The van der Waals surface area contributed by atoms with Crippen LogP contribution in [-0.2, 0) is 0 Å². The van der Waals surface area contributed by atoms with E-state index in [9.17, 15) is 10.1 Å². The van der Waals surface area contributed by atoms with Gasteiger partial charge in [-0.05, 0) is 64.4 Å². The summed E-state index contributed by atoms with van der Waals surface area (Å²) in [4.78, 5) is 25.8. The average molecular weight is 491 g/mol. The largest absolute Gasteiger partial charge is 0.483 e. The number of nitriles is 1. The number of rotatable bonds is 6. The van der Waals surface area contributed by atoms with E-state index in [2.05, 4.69) is 15.0 Å². The molecule has 4 rings (SSSR count). The van der Waals surface area contributed by atoms with Gasteiger partial charge in [0.2, 0.25) is 0 Å². The SMILES string of the molecule is Cc1cc([C@@H](C)Oc2ccc(Cl)nc2C#N)c2oc(-c3cnc(OC(C)C)nc3)c(C)c(=O)c2c1. The molecule has 0 radical (unpaired) electrons. The quantitative estimate of drug-likeness (QED) is 0.316. The molecule has 8 nitrogen and oxygen atoms in total. The van der Waals surface area contributed by atoms with Gasteiger partial charge in [-0.15, -0.1) is 0 Å². The lowest BCUT2D eigenvalue weighted by Gasteiger charge is -2.18. The summed E-state index contributed by atoms with van der Waals surface area (Å²) in [6, 6.07) is 9.04. The van der Waals surface area contributed by atoms with Gasteiger partial charge in [-0.3, -0.25) is 4.79 Å². The first-order chi connectivity index (χ1) is 16.7. The number of ether oxygens (including phenoxy) is 2. The lowest BCUT2D eigenvalue weighted by Crippen LogP contribution is -2.12. The number of hydrogen-bond acceptors (Lipinski definition) is 8. The lowest BCUT2D eigenvalue weighted by atomic mass is 10.0. The third-order valence-electron chi connectivity index (χ3n) is 5.30. The van der Waals surface area contributed by atoms with Crippen molar-refractivity contribution in [3.63, 3.8) is 0 Å². The molecule has 0 spiro atoms. The highest BCUT2D eigenvalue weighted by Gasteiger charge is 2.21. The van der Waals surface area contributed by atoms with Crippen molar-refractivity contribution in [1.82, 2.24) is 15.0 Å². The number of benzene rings is 1. The van der Waals surface area contributed by atoms with E-state index >= 15 is 0 Å². The van der Waals surface area contributed by atoms with Gasteiger partial charge in [0.05, 0.1) is 17.1 Å². The second kappa shape index (κ2) is 9.72. The Kier molecular flexibility index (Phi) is 6.72. The van der Waals surface area contributed by atoms with Gasteiger partial charge < -0.3 is 13.9 Å². The first kappa shape index (κ1) is 24.2. The molecule has 0 N–H and O–H groups in total. The van der Waals surface area contributed by atoms with Crippen LogP contribution in [-0.4, -0.2) is 21.1 Å². The molecule has 0 saturated heterocycles. The summed E-state index contributed by atoms with van der Waals surface area (Å²) in [5.74, 6) is 0.643. The van der Waals surface area contributed by atoms with Crippen molar-refractivity contribution >= 4 is 22.6 Å². The van der Waals surface area contributed by atoms with E-state index in [0.717, 1.165) is 5.56 Å². The fourth-order valence-electron chi connectivity index (χ4n) is 3.70. The standard InChI is InChI=1S/C26H23ClN4O4/c1-13(2)33-26-29-11-17(12-30-26)24-15(4)23(32)19-9-14(3)8-18(25(19)35-24)16(5)34-21-6-7-22(27)31-20(21)10-28/h6-9,11-13,16H,1-5H3/t16-/m1/s1. The summed E-state index contributed by atoms with van der Waals surface area (Å²) in [6.45, 7) is 9.18. The van der Waals surface area contributed by atoms with E-state index in [-0.39, 0.29) is 34.1 Å². The molecule has 0 amide bonds. The Balaban J connectivity index is 1.82. The molecule has 35 heavy (non-hydrogen) atoms. The van der Waals surface area contributed by atoms with Gasteiger partial charge in [0.15, 0.2) is 16.9 Å². The van der Waals surface area contributed by atoms with Crippen LogP contribution in [0.2, 0.25) is 5.15 Å². The van der Waals surface area contributed by atoms with Gasteiger partial charge in [0, 0.05) is 23.5 Å². The van der Waals surface area contributed by atoms with E-state index in [0.29, 0.717) is 33.4 Å². The molecule has 0 unspecified atom stereocenters. The molecule has 0 bridgehead atoms. The third-order valence-corrected chi connectivity index (χ3v) is 5.51. The molecular formula is C26H23ClN4O4. The highest BCUT2D eigenvalue weighted by atomic mass is 35.5. The predicted octanol–water partition coefficient (Wildman–Crippen LogP) is 5.71. The summed E-state index contributed by atoms with van der Waals surface area (Å²) in [6.07, 6.45) is 2.50. The van der Waals surface area contributed by atoms with Crippen LogP contribution in [0.1, 0.15) is 49.3 Å². The minimum atomic E-state index is -0.566. The van der Waals surface area contributed by atoms with Crippen LogP contribution in [0.5, 0.6) is 11.8 Å².